The van der Waals surface area contributed by atoms with Gasteiger partial charge in [-0.05, 0) is 55.2 Å². The third-order valence-corrected chi connectivity index (χ3v) is 3.70. The van der Waals surface area contributed by atoms with E-state index >= 15 is 0 Å². The summed E-state index contributed by atoms with van der Waals surface area (Å²) in [5.41, 5.74) is 5.00. The van der Waals surface area contributed by atoms with Crippen LogP contribution >= 0.6 is 12.4 Å². The molecule has 0 aliphatic heterocycles. The highest BCUT2D eigenvalue weighted by molar-refractivity contribution is 5.93. The number of hydrogen-bond acceptors (Lipinski definition) is 3. The zero-order chi connectivity index (χ0) is 15.4. The lowest BCUT2D eigenvalue weighted by Crippen LogP contribution is -2.23. The van der Waals surface area contributed by atoms with Gasteiger partial charge < -0.3 is 10.1 Å². The monoisotopic (exact) mass is 320 g/mol. The topological polar surface area (TPSA) is 51.2 Å². The average Bonchev–Trinajstić information content (AvgIpc) is 2.50. The van der Waals surface area contributed by atoms with Crippen LogP contribution in [0, 0.1) is 20.8 Å². The summed E-state index contributed by atoms with van der Waals surface area (Å²) in [6.07, 6.45) is 3.21. The van der Waals surface area contributed by atoms with Crippen LogP contribution in [0.4, 0.5) is 0 Å². The molecule has 1 amide bonds. The summed E-state index contributed by atoms with van der Waals surface area (Å²) in [7, 11) is 1.68. The number of pyridine rings is 1. The number of nitrogens with zero attached hydrogens (tertiary/aromatic N) is 1. The van der Waals surface area contributed by atoms with Gasteiger partial charge in [-0.25, -0.2) is 0 Å². The van der Waals surface area contributed by atoms with Crippen molar-refractivity contribution in [3.63, 3.8) is 0 Å². The van der Waals surface area contributed by atoms with Gasteiger partial charge in [0, 0.05) is 18.9 Å². The molecule has 1 aromatic heterocycles. The van der Waals surface area contributed by atoms with Gasteiger partial charge in [0.15, 0.2) is 0 Å². The maximum absolute atomic E-state index is 12.0. The number of amides is 1. The first kappa shape index (κ1) is 18.0. The second-order valence-corrected chi connectivity index (χ2v) is 5.06. The van der Waals surface area contributed by atoms with Gasteiger partial charge in [0.1, 0.15) is 5.75 Å². The molecule has 0 spiro atoms. The lowest BCUT2D eigenvalue weighted by atomic mass is 9.98. The summed E-state index contributed by atoms with van der Waals surface area (Å²) >= 11 is 0. The molecule has 0 saturated heterocycles. The fourth-order valence-corrected chi connectivity index (χ4v) is 2.41. The Morgan fingerprint density at radius 1 is 1.27 bits per heavy atom. The van der Waals surface area contributed by atoms with Crippen LogP contribution < -0.4 is 10.1 Å². The van der Waals surface area contributed by atoms with E-state index in [4.69, 9.17) is 4.74 Å². The minimum atomic E-state index is -0.117. The van der Waals surface area contributed by atoms with Crippen molar-refractivity contribution in [2.75, 3.05) is 7.11 Å². The highest BCUT2D eigenvalue weighted by Gasteiger charge is 2.12. The van der Waals surface area contributed by atoms with E-state index in [9.17, 15) is 4.79 Å². The molecule has 2 rings (SSSR count). The minimum absolute atomic E-state index is 0. The number of methoxy groups -OCH3 is 1. The number of rotatable bonds is 4. The van der Waals surface area contributed by atoms with Gasteiger partial charge in [0.05, 0.1) is 12.7 Å². The predicted molar refractivity (Wildman–Crippen MR) is 89.9 cm³/mol. The van der Waals surface area contributed by atoms with Gasteiger partial charge >= 0.3 is 0 Å². The molecule has 0 fully saturated rings. The zero-order valence-corrected chi connectivity index (χ0v) is 14.1. The summed E-state index contributed by atoms with van der Waals surface area (Å²) in [4.78, 5) is 16.0. The lowest BCUT2D eigenvalue weighted by molar-refractivity contribution is 0.0950. The molecule has 118 valence electrons. The second kappa shape index (κ2) is 7.80. The number of hydrogen-bond donors (Lipinski definition) is 1. The molecule has 0 unspecified atom stereocenters. The predicted octanol–water partition coefficient (Wildman–Crippen LogP) is 3.37. The molecule has 1 aromatic carbocycles. The largest absolute Gasteiger partial charge is 0.496 e. The van der Waals surface area contributed by atoms with Crippen molar-refractivity contribution in [1.82, 2.24) is 10.3 Å². The second-order valence-electron chi connectivity index (χ2n) is 5.06. The van der Waals surface area contributed by atoms with E-state index in [-0.39, 0.29) is 18.3 Å². The third-order valence-electron chi connectivity index (χ3n) is 3.70. The van der Waals surface area contributed by atoms with Crippen molar-refractivity contribution in [2.45, 2.75) is 27.3 Å². The highest BCUT2D eigenvalue weighted by atomic mass is 35.5. The first-order valence-electron chi connectivity index (χ1n) is 6.86. The first-order chi connectivity index (χ1) is 10.0. The molecule has 0 atom stereocenters. The quantitative estimate of drug-likeness (QED) is 0.939. The molecule has 0 aliphatic carbocycles. The normalized spacial score (nSPS) is 9.82. The van der Waals surface area contributed by atoms with Crippen LogP contribution in [-0.4, -0.2) is 18.0 Å². The molecule has 0 radical (unpaired) electrons. The van der Waals surface area contributed by atoms with Crippen LogP contribution in [0.3, 0.4) is 0 Å². The molecule has 4 nitrogen and oxygen atoms in total. The SMILES string of the molecule is COc1c(C)cc(CNC(=O)c2cccnc2)c(C)c1C.Cl. The minimum Gasteiger partial charge on any atom is -0.496 e. The van der Waals surface area contributed by atoms with Crippen molar-refractivity contribution >= 4 is 18.3 Å². The van der Waals surface area contributed by atoms with Gasteiger partial charge in [-0.15, -0.1) is 12.4 Å². The Bertz CT molecular complexity index is 657. The number of ether oxygens (including phenoxy) is 1. The Kier molecular flexibility index (Phi) is 6.38. The van der Waals surface area contributed by atoms with E-state index in [1.54, 1.807) is 31.6 Å². The standard InChI is InChI=1S/C17H20N2O2.ClH/c1-11-8-15(12(2)13(3)16(11)21-4)10-19-17(20)14-6-5-7-18-9-14;/h5-9H,10H2,1-4H3,(H,19,20);1H. The van der Waals surface area contributed by atoms with Crippen molar-refractivity contribution in [2.24, 2.45) is 0 Å². The Morgan fingerprint density at radius 2 is 2.00 bits per heavy atom. The van der Waals surface area contributed by atoms with E-state index in [1.165, 1.54) is 0 Å². The molecule has 1 heterocycles. The fraction of sp³-hybridized carbons (Fsp3) is 0.294. The summed E-state index contributed by atoms with van der Waals surface area (Å²) in [5.74, 6) is 0.795. The summed E-state index contributed by atoms with van der Waals surface area (Å²) in [6.45, 7) is 6.58. The number of aromatic nitrogens is 1. The van der Waals surface area contributed by atoms with Crippen molar-refractivity contribution < 1.29 is 9.53 Å². The summed E-state index contributed by atoms with van der Waals surface area (Å²) in [5, 5.41) is 2.93. The van der Waals surface area contributed by atoms with Crippen LogP contribution in [0.25, 0.3) is 0 Å². The Morgan fingerprint density at radius 3 is 2.59 bits per heavy atom. The first-order valence-corrected chi connectivity index (χ1v) is 6.86. The van der Waals surface area contributed by atoms with Gasteiger partial charge in [-0.1, -0.05) is 6.07 Å². The van der Waals surface area contributed by atoms with Crippen molar-refractivity contribution in [3.05, 3.63) is 58.4 Å². The summed E-state index contributed by atoms with van der Waals surface area (Å²) in [6, 6.07) is 5.56. The summed E-state index contributed by atoms with van der Waals surface area (Å²) < 4.78 is 5.41. The molecule has 0 bridgehead atoms. The van der Waals surface area contributed by atoms with Crippen molar-refractivity contribution in [1.29, 1.82) is 0 Å². The van der Waals surface area contributed by atoms with E-state index in [0.29, 0.717) is 12.1 Å². The number of benzene rings is 1. The van der Waals surface area contributed by atoms with E-state index in [1.807, 2.05) is 20.8 Å². The molecule has 0 saturated carbocycles. The Labute approximate surface area is 137 Å². The highest BCUT2D eigenvalue weighted by Crippen LogP contribution is 2.28. The average molecular weight is 321 g/mol. The Balaban J connectivity index is 0.00000242. The number of halogens is 1. The smallest absolute Gasteiger partial charge is 0.253 e. The molecule has 2 aromatic rings. The van der Waals surface area contributed by atoms with Gasteiger partial charge in [0.25, 0.3) is 5.91 Å². The van der Waals surface area contributed by atoms with Gasteiger partial charge in [-0.3, -0.25) is 9.78 Å². The lowest BCUT2D eigenvalue weighted by Gasteiger charge is -2.16. The van der Waals surface area contributed by atoms with E-state index in [2.05, 4.69) is 16.4 Å². The molecular formula is C17H21ClN2O2. The molecular weight excluding hydrogens is 300 g/mol. The number of carbonyl (C=O) groups excluding carboxylic acids is 1. The number of nitrogens with one attached hydrogen (secondary N) is 1. The fourth-order valence-electron chi connectivity index (χ4n) is 2.41. The van der Waals surface area contributed by atoms with Crippen LogP contribution in [0.15, 0.2) is 30.6 Å². The maximum Gasteiger partial charge on any atom is 0.253 e. The van der Waals surface area contributed by atoms with Crippen LogP contribution in [0.2, 0.25) is 0 Å². The Hall–Kier alpha value is -2.07. The molecule has 5 heteroatoms. The van der Waals surface area contributed by atoms with E-state index in [0.717, 1.165) is 28.0 Å². The van der Waals surface area contributed by atoms with Crippen molar-refractivity contribution in [3.8, 4) is 5.75 Å². The zero-order valence-electron chi connectivity index (χ0n) is 13.3. The molecule has 1 N–H and O–H groups in total. The molecule has 22 heavy (non-hydrogen) atoms. The van der Waals surface area contributed by atoms with Crippen LogP contribution in [-0.2, 0) is 6.54 Å². The third kappa shape index (κ3) is 3.77. The maximum atomic E-state index is 12.0. The van der Waals surface area contributed by atoms with Crippen LogP contribution in [0.5, 0.6) is 5.75 Å². The molecule has 0 aliphatic rings. The van der Waals surface area contributed by atoms with E-state index < -0.39 is 0 Å². The number of aryl methyl sites for hydroxylation is 1. The van der Waals surface area contributed by atoms with Crippen LogP contribution in [0.1, 0.15) is 32.6 Å². The van der Waals surface area contributed by atoms with Gasteiger partial charge in [0.2, 0.25) is 0 Å². The van der Waals surface area contributed by atoms with Gasteiger partial charge in [-0.2, -0.15) is 0 Å². The number of carbonyl (C=O) groups is 1.